The van der Waals surface area contributed by atoms with Crippen LogP contribution in [0.2, 0.25) is 0 Å². The molecule has 1 aromatic rings. The molecule has 0 saturated carbocycles. The van der Waals surface area contributed by atoms with E-state index in [1.165, 1.54) is 12.4 Å². The Hall–Kier alpha value is -0.940. The summed E-state index contributed by atoms with van der Waals surface area (Å²) in [7, 11) is -4.15. The molecule has 0 bridgehead atoms. The van der Waals surface area contributed by atoms with E-state index in [0.717, 1.165) is 6.42 Å². The van der Waals surface area contributed by atoms with Crippen LogP contribution in [0.4, 0.5) is 0 Å². The van der Waals surface area contributed by atoms with Gasteiger partial charge in [0.05, 0.1) is 0 Å². The van der Waals surface area contributed by atoms with Crippen molar-refractivity contribution in [1.82, 2.24) is 4.98 Å². The molecule has 0 amide bonds. The zero-order valence-electron chi connectivity index (χ0n) is 8.14. The molecule has 14 heavy (non-hydrogen) atoms. The van der Waals surface area contributed by atoms with Crippen LogP contribution >= 0.6 is 0 Å². The predicted octanol–water partition coefficient (Wildman–Crippen LogP) is 1.84. The lowest BCUT2D eigenvalue weighted by Crippen LogP contribution is -2.05. The van der Waals surface area contributed by atoms with Crippen LogP contribution in [0.25, 0.3) is 0 Å². The van der Waals surface area contributed by atoms with Crippen LogP contribution in [0.15, 0.2) is 23.4 Å². The molecule has 1 atom stereocenters. The monoisotopic (exact) mass is 215 g/mol. The predicted molar refractivity (Wildman–Crippen MR) is 52.8 cm³/mol. The van der Waals surface area contributed by atoms with Crippen molar-refractivity contribution >= 4 is 10.1 Å². The maximum absolute atomic E-state index is 11.0. The van der Waals surface area contributed by atoms with Gasteiger partial charge in [0.15, 0.2) is 0 Å². The third kappa shape index (κ3) is 2.30. The standard InChI is InChI=1S/C9H13NO3S/c1-3-7(2)8-4-5-10-6-9(8)14(11,12)13/h4-7H,3H2,1-2H3,(H,11,12,13). The highest BCUT2D eigenvalue weighted by Gasteiger charge is 2.18. The first-order chi connectivity index (χ1) is 6.46. The van der Waals surface area contributed by atoms with Gasteiger partial charge in [0, 0.05) is 12.4 Å². The van der Waals surface area contributed by atoms with E-state index in [1.807, 2.05) is 13.8 Å². The molecule has 0 fully saturated rings. The number of hydrogen-bond acceptors (Lipinski definition) is 3. The Morgan fingerprint density at radius 1 is 1.57 bits per heavy atom. The maximum Gasteiger partial charge on any atom is 0.296 e. The van der Waals surface area contributed by atoms with E-state index in [4.69, 9.17) is 4.55 Å². The molecule has 0 aliphatic carbocycles. The van der Waals surface area contributed by atoms with Crippen molar-refractivity contribution in [3.8, 4) is 0 Å². The molecule has 78 valence electrons. The van der Waals surface area contributed by atoms with Gasteiger partial charge in [-0.3, -0.25) is 9.54 Å². The van der Waals surface area contributed by atoms with E-state index in [9.17, 15) is 8.42 Å². The van der Waals surface area contributed by atoms with Crippen molar-refractivity contribution in [2.45, 2.75) is 31.1 Å². The second kappa shape index (κ2) is 4.06. The Balaban J connectivity index is 3.30. The van der Waals surface area contributed by atoms with Crippen LogP contribution in [-0.4, -0.2) is 18.0 Å². The van der Waals surface area contributed by atoms with Crippen LogP contribution < -0.4 is 0 Å². The smallest absolute Gasteiger partial charge is 0.282 e. The summed E-state index contributed by atoms with van der Waals surface area (Å²) in [5.41, 5.74) is 0.616. The average Bonchev–Trinajstić information content (AvgIpc) is 2.15. The zero-order valence-corrected chi connectivity index (χ0v) is 8.95. The second-order valence-corrected chi connectivity index (χ2v) is 4.59. The highest BCUT2D eigenvalue weighted by atomic mass is 32.2. The molecular formula is C9H13NO3S. The summed E-state index contributed by atoms with van der Waals surface area (Å²) in [5, 5.41) is 0. The van der Waals surface area contributed by atoms with E-state index in [0.29, 0.717) is 5.56 Å². The summed E-state index contributed by atoms with van der Waals surface area (Å²) in [5.74, 6) is 0.0925. The van der Waals surface area contributed by atoms with Gasteiger partial charge < -0.3 is 0 Å². The second-order valence-electron chi connectivity index (χ2n) is 3.20. The Kier molecular flexibility index (Phi) is 3.23. The summed E-state index contributed by atoms with van der Waals surface area (Å²) in [6.45, 7) is 3.86. The molecule has 0 saturated heterocycles. The fourth-order valence-corrected chi connectivity index (χ4v) is 1.99. The lowest BCUT2D eigenvalue weighted by molar-refractivity contribution is 0.480. The lowest BCUT2D eigenvalue weighted by atomic mass is 10.0. The SMILES string of the molecule is CCC(C)c1ccncc1S(=O)(=O)O. The van der Waals surface area contributed by atoms with Gasteiger partial charge in [-0.2, -0.15) is 8.42 Å². The Morgan fingerprint density at radius 2 is 2.21 bits per heavy atom. The van der Waals surface area contributed by atoms with Crippen LogP contribution in [0, 0.1) is 0 Å². The molecule has 1 N–H and O–H groups in total. The minimum absolute atomic E-state index is 0.0886. The Morgan fingerprint density at radius 3 is 2.71 bits per heavy atom. The van der Waals surface area contributed by atoms with Crippen molar-refractivity contribution in [1.29, 1.82) is 0 Å². The van der Waals surface area contributed by atoms with Gasteiger partial charge in [-0.25, -0.2) is 0 Å². The number of nitrogens with zero attached hydrogens (tertiary/aromatic N) is 1. The van der Waals surface area contributed by atoms with Gasteiger partial charge in [-0.15, -0.1) is 0 Å². The number of rotatable bonds is 3. The lowest BCUT2D eigenvalue weighted by Gasteiger charge is -2.11. The third-order valence-electron chi connectivity index (χ3n) is 2.24. The molecular weight excluding hydrogens is 202 g/mol. The normalized spacial score (nSPS) is 13.9. The van der Waals surface area contributed by atoms with E-state index >= 15 is 0 Å². The van der Waals surface area contributed by atoms with E-state index in [2.05, 4.69) is 4.98 Å². The fourth-order valence-electron chi connectivity index (χ4n) is 1.23. The summed E-state index contributed by atoms with van der Waals surface area (Å²) in [4.78, 5) is 3.60. The van der Waals surface area contributed by atoms with Crippen molar-refractivity contribution in [2.24, 2.45) is 0 Å². The first-order valence-electron chi connectivity index (χ1n) is 4.38. The van der Waals surface area contributed by atoms with Gasteiger partial charge in [0.1, 0.15) is 4.90 Å². The largest absolute Gasteiger partial charge is 0.296 e. The average molecular weight is 215 g/mol. The highest BCUT2D eigenvalue weighted by molar-refractivity contribution is 7.85. The van der Waals surface area contributed by atoms with Gasteiger partial charge in [-0.1, -0.05) is 13.8 Å². The molecule has 1 rings (SSSR count). The zero-order chi connectivity index (χ0) is 10.8. The van der Waals surface area contributed by atoms with Crippen molar-refractivity contribution < 1.29 is 13.0 Å². The van der Waals surface area contributed by atoms with Crippen molar-refractivity contribution in [2.75, 3.05) is 0 Å². The van der Waals surface area contributed by atoms with Gasteiger partial charge in [-0.05, 0) is 24.0 Å². The molecule has 1 heterocycles. The Labute approximate surface area is 83.7 Å². The van der Waals surface area contributed by atoms with Crippen LogP contribution in [0.5, 0.6) is 0 Å². The molecule has 0 spiro atoms. The molecule has 4 nitrogen and oxygen atoms in total. The molecule has 1 aromatic heterocycles. The molecule has 0 radical (unpaired) electrons. The van der Waals surface area contributed by atoms with E-state index < -0.39 is 10.1 Å². The van der Waals surface area contributed by atoms with E-state index in [1.54, 1.807) is 6.07 Å². The maximum atomic E-state index is 11.0. The summed E-state index contributed by atoms with van der Waals surface area (Å²) in [6.07, 6.45) is 3.51. The minimum Gasteiger partial charge on any atom is -0.282 e. The molecule has 0 aromatic carbocycles. The summed E-state index contributed by atoms with van der Waals surface area (Å²) in [6, 6.07) is 1.62. The number of pyridine rings is 1. The van der Waals surface area contributed by atoms with Crippen LogP contribution in [0.3, 0.4) is 0 Å². The fraction of sp³-hybridized carbons (Fsp3) is 0.444. The van der Waals surface area contributed by atoms with Crippen LogP contribution in [-0.2, 0) is 10.1 Å². The molecule has 1 unspecified atom stereocenters. The third-order valence-corrected chi connectivity index (χ3v) is 3.13. The first kappa shape index (κ1) is 11.1. The molecule has 0 aliphatic rings. The Bertz CT molecular complexity index is 414. The van der Waals surface area contributed by atoms with Gasteiger partial charge in [0.25, 0.3) is 10.1 Å². The van der Waals surface area contributed by atoms with Crippen molar-refractivity contribution in [3.63, 3.8) is 0 Å². The minimum atomic E-state index is -4.15. The molecule has 5 heteroatoms. The number of aromatic nitrogens is 1. The van der Waals surface area contributed by atoms with Crippen molar-refractivity contribution in [3.05, 3.63) is 24.0 Å². The number of hydrogen-bond donors (Lipinski definition) is 1. The van der Waals surface area contributed by atoms with E-state index in [-0.39, 0.29) is 10.8 Å². The topological polar surface area (TPSA) is 67.3 Å². The molecule has 0 aliphatic heterocycles. The summed E-state index contributed by atoms with van der Waals surface area (Å²) < 4.78 is 30.9. The first-order valence-corrected chi connectivity index (χ1v) is 5.82. The van der Waals surface area contributed by atoms with Gasteiger partial charge in [0.2, 0.25) is 0 Å². The highest BCUT2D eigenvalue weighted by Crippen LogP contribution is 2.24. The summed E-state index contributed by atoms with van der Waals surface area (Å²) >= 11 is 0. The van der Waals surface area contributed by atoms with Crippen LogP contribution in [0.1, 0.15) is 31.7 Å². The van der Waals surface area contributed by atoms with Gasteiger partial charge >= 0.3 is 0 Å². The quantitative estimate of drug-likeness (QED) is 0.781.